The number of anilines is 1. The second-order valence-corrected chi connectivity index (χ2v) is 17.0. The Morgan fingerprint density at radius 2 is 1.77 bits per heavy atom. The summed E-state index contributed by atoms with van der Waals surface area (Å²) >= 11 is 0. The number of halogens is 2. The summed E-state index contributed by atoms with van der Waals surface area (Å²) in [5.74, 6) is -0.329. The number of rotatable bonds is 15. The van der Waals surface area contributed by atoms with Gasteiger partial charge in [-0.05, 0) is 80.7 Å². The molecule has 0 spiro atoms. The average Bonchev–Trinajstić information content (AvgIpc) is 3.92. The fraction of sp³-hybridized carbons (Fsp3) is 0.651. The summed E-state index contributed by atoms with van der Waals surface area (Å²) in [6.07, 6.45) is 13.4. The fourth-order valence-corrected chi connectivity index (χ4v) is 10.3. The second-order valence-electron chi connectivity index (χ2n) is 17.0. The Labute approximate surface area is 333 Å². The van der Waals surface area contributed by atoms with Crippen molar-refractivity contribution in [3.05, 3.63) is 35.3 Å². The van der Waals surface area contributed by atoms with Crippen molar-refractivity contribution in [2.75, 3.05) is 44.5 Å². The Balaban J connectivity index is 1.00. The Bertz CT molecular complexity index is 1950. The number of nitrogens with zero attached hydrogens (tertiary/aromatic N) is 6. The molecule has 1 N–H and O–H groups in total. The molecule has 1 amide bonds. The molecule has 57 heavy (non-hydrogen) atoms. The predicted molar refractivity (Wildman–Crippen MR) is 211 cm³/mol. The molecule has 5 atom stereocenters. The summed E-state index contributed by atoms with van der Waals surface area (Å²) in [5.41, 5.74) is 2.21. The van der Waals surface area contributed by atoms with Gasteiger partial charge in [-0.1, -0.05) is 52.4 Å². The highest BCUT2D eigenvalue weighted by Gasteiger charge is 2.50. The first kappa shape index (κ1) is 39.5. The number of piperazine rings is 1. The van der Waals surface area contributed by atoms with Crippen LogP contribution in [0.25, 0.3) is 22.2 Å². The highest BCUT2D eigenvalue weighted by molar-refractivity contribution is 5.92. The van der Waals surface area contributed by atoms with Crippen LogP contribution in [0.4, 0.5) is 19.4 Å². The minimum atomic E-state index is -0.931. The van der Waals surface area contributed by atoms with E-state index in [-0.39, 0.29) is 53.5 Å². The number of aromatic hydroxyl groups is 1. The Kier molecular flexibility index (Phi) is 11.7. The van der Waals surface area contributed by atoms with Gasteiger partial charge in [0, 0.05) is 44.2 Å². The van der Waals surface area contributed by atoms with Crippen molar-refractivity contribution in [2.24, 2.45) is 0 Å². The van der Waals surface area contributed by atoms with E-state index in [1.54, 1.807) is 23.2 Å². The zero-order valence-electron chi connectivity index (χ0n) is 33.3. The number of alkyl halides is 1. The van der Waals surface area contributed by atoms with Gasteiger partial charge in [0.15, 0.2) is 5.82 Å². The smallest absolute Gasteiger partial charge is 0.413 e. The number of hydrogen-bond acceptors (Lipinski definition) is 11. The number of hydrogen-bond donors (Lipinski definition) is 1. The number of carbonyl (C=O) groups excluding carboxylic acids is 2. The summed E-state index contributed by atoms with van der Waals surface area (Å²) in [5, 5.41) is 11.0. The molecular weight excluding hydrogens is 735 g/mol. The molecule has 0 saturated carbocycles. The Hall–Kier alpha value is -4.33. The monoisotopic (exact) mass is 790 g/mol. The number of ether oxygens (including phenoxy) is 3. The Morgan fingerprint density at radius 3 is 2.56 bits per heavy atom. The molecule has 0 radical (unpaired) electrons. The quantitative estimate of drug-likeness (QED) is 0.0914. The normalized spacial score (nSPS) is 25.3. The van der Waals surface area contributed by atoms with E-state index < -0.39 is 30.4 Å². The zero-order valence-corrected chi connectivity index (χ0v) is 33.3. The van der Waals surface area contributed by atoms with Gasteiger partial charge in [0.25, 0.3) is 0 Å². The van der Waals surface area contributed by atoms with Gasteiger partial charge >= 0.3 is 18.1 Å². The van der Waals surface area contributed by atoms with Crippen LogP contribution in [0.3, 0.4) is 0 Å². The summed E-state index contributed by atoms with van der Waals surface area (Å²) in [6, 6.07) is 2.89. The molecule has 4 saturated heterocycles. The molecule has 2 aromatic heterocycles. The van der Waals surface area contributed by atoms with Crippen LogP contribution in [0.1, 0.15) is 121 Å². The largest absolute Gasteiger partial charge is 0.508 e. The van der Waals surface area contributed by atoms with Crippen LogP contribution >= 0.6 is 0 Å². The lowest BCUT2D eigenvalue weighted by atomic mass is 9.94. The first-order valence-electron chi connectivity index (χ1n) is 21.2. The number of aryl methyl sites for hydroxylation is 1. The minimum Gasteiger partial charge on any atom is -0.508 e. The highest BCUT2D eigenvalue weighted by Crippen LogP contribution is 2.45. The highest BCUT2D eigenvalue weighted by atomic mass is 19.1. The first-order valence-corrected chi connectivity index (χ1v) is 21.2. The van der Waals surface area contributed by atoms with E-state index in [2.05, 4.69) is 28.7 Å². The molecule has 4 aliphatic heterocycles. The summed E-state index contributed by atoms with van der Waals surface area (Å²) in [7, 11) is 0. The number of fused-ring (bicyclic) bond motifs is 5. The van der Waals surface area contributed by atoms with Gasteiger partial charge < -0.3 is 24.2 Å². The molecule has 1 aromatic carbocycles. The Morgan fingerprint density at radius 1 is 1.00 bits per heavy atom. The van der Waals surface area contributed by atoms with Crippen LogP contribution in [-0.4, -0.2) is 105 Å². The summed E-state index contributed by atoms with van der Waals surface area (Å²) in [4.78, 5) is 45.7. The van der Waals surface area contributed by atoms with E-state index in [1.165, 1.54) is 25.7 Å². The number of aromatic nitrogens is 3. The number of esters is 1. The van der Waals surface area contributed by atoms with Gasteiger partial charge in [-0.25, -0.2) is 13.6 Å². The number of unbranched alkanes of at least 4 members (excludes halogenated alkanes) is 6. The third-order valence-electron chi connectivity index (χ3n) is 13.1. The van der Waals surface area contributed by atoms with Crippen molar-refractivity contribution in [1.82, 2.24) is 24.8 Å². The molecule has 12 nitrogen and oxygen atoms in total. The predicted octanol–water partition coefficient (Wildman–Crippen LogP) is 7.97. The van der Waals surface area contributed by atoms with E-state index in [4.69, 9.17) is 19.2 Å². The lowest BCUT2D eigenvalue weighted by molar-refractivity contribution is -0.152. The molecule has 1 aliphatic carbocycles. The molecule has 6 heterocycles. The lowest BCUT2D eigenvalue weighted by Gasteiger charge is -2.41. The van der Waals surface area contributed by atoms with Crippen LogP contribution in [0.2, 0.25) is 0 Å². The van der Waals surface area contributed by atoms with Crippen molar-refractivity contribution in [3.63, 3.8) is 0 Å². The molecule has 3 aromatic rings. The van der Waals surface area contributed by atoms with Crippen LogP contribution in [0.5, 0.6) is 11.8 Å². The lowest BCUT2D eigenvalue weighted by Crippen LogP contribution is -2.56. The minimum absolute atomic E-state index is 0.000848. The van der Waals surface area contributed by atoms with E-state index >= 15 is 4.39 Å². The molecule has 1 unspecified atom stereocenters. The topological polar surface area (TPSA) is 130 Å². The average molecular weight is 791 g/mol. The molecule has 4 fully saturated rings. The number of pyridine rings is 1. The maximum Gasteiger partial charge on any atom is 0.413 e. The SMILES string of the molecule is CCCCCCCCCC(=O)OCOC(=O)N1[C@@H]2CC[C@H]1CN(c1nc(OC[C@@]34CCCN3C[C@H](F)C4)nc3c(F)c(-c4cc(O)cc5c4C(C)CC5)ncc13)C2. The van der Waals surface area contributed by atoms with E-state index in [0.717, 1.165) is 75.5 Å². The maximum absolute atomic E-state index is 17.0. The molecule has 2 bridgehead atoms. The van der Waals surface area contributed by atoms with Gasteiger partial charge in [0.2, 0.25) is 6.79 Å². The van der Waals surface area contributed by atoms with E-state index in [1.807, 2.05) is 4.90 Å². The molecule has 8 rings (SSSR count). The fourth-order valence-electron chi connectivity index (χ4n) is 10.3. The van der Waals surface area contributed by atoms with Gasteiger partial charge in [-0.2, -0.15) is 9.97 Å². The van der Waals surface area contributed by atoms with Crippen molar-refractivity contribution < 1.29 is 37.7 Å². The third kappa shape index (κ3) is 8.07. The third-order valence-corrected chi connectivity index (χ3v) is 13.1. The number of phenols is 1. The number of carbonyl (C=O) groups is 2. The van der Waals surface area contributed by atoms with Crippen LogP contribution in [0.15, 0.2) is 18.3 Å². The first-order chi connectivity index (χ1) is 27.6. The van der Waals surface area contributed by atoms with Crippen LogP contribution < -0.4 is 9.64 Å². The van der Waals surface area contributed by atoms with Crippen LogP contribution in [0, 0.1) is 5.82 Å². The van der Waals surface area contributed by atoms with Crippen molar-refractivity contribution in [2.45, 2.75) is 140 Å². The van der Waals surface area contributed by atoms with Crippen molar-refractivity contribution in [1.29, 1.82) is 0 Å². The number of benzene rings is 1. The van der Waals surface area contributed by atoms with Crippen molar-refractivity contribution >= 4 is 28.8 Å². The molecule has 308 valence electrons. The van der Waals surface area contributed by atoms with Gasteiger partial charge in [0.1, 0.15) is 35.6 Å². The van der Waals surface area contributed by atoms with E-state index in [9.17, 15) is 19.1 Å². The maximum atomic E-state index is 17.0. The molecule has 5 aliphatic rings. The molecular formula is C43H56F2N6O6. The zero-order chi connectivity index (χ0) is 39.7. The van der Waals surface area contributed by atoms with Gasteiger partial charge in [-0.3, -0.25) is 19.6 Å². The van der Waals surface area contributed by atoms with E-state index in [0.29, 0.717) is 49.2 Å². The van der Waals surface area contributed by atoms with Crippen LogP contribution in [-0.2, 0) is 20.7 Å². The summed E-state index contributed by atoms with van der Waals surface area (Å²) < 4.78 is 48.7. The summed E-state index contributed by atoms with van der Waals surface area (Å²) in [6.45, 7) is 6.03. The van der Waals surface area contributed by atoms with Crippen molar-refractivity contribution in [3.8, 4) is 23.0 Å². The van der Waals surface area contributed by atoms with Gasteiger partial charge in [0.05, 0.1) is 23.0 Å². The second kappa shape index (κ2) is 16.9. The number of amides is 1. The standard InChI is InChI=1S/C43H56F2N6O6/c1-3-4-5-6-7-8-9-11-35(53)56-26-57-42(54)51-30-14-15-31(51)24-49(23-30)40-34-21-46-38(33-19-32(52)18-28-13-12-27(2)36(28)33)37(45)39(34)47-41(48-40)55-25-43-16-10-17-50(43)22-29(44)20-43/h18-19,21,27,29-31,52H,3-17,20,22-26H2,1-2H3/t27?,29-,30-,31+,43+/m1/s1. The van der Waals surface area contributed by atoms with Gasteiger partial charge in [-0.15, -0.1) is 0 Å². The number of phenolic OH excluding ortho intramolecular Hbond substituents is 1. The molecule has 14 heteroatoms.